The molecule has 1 amide bonds. The number of nitrogens with one attached hydrogen (secondary N) is 1. The lowest BCUT2D eigenvalue weighted by Crippen LogP contribution is -2.31. The molecule has 3 aromatic rings. The fourth-order valence-electron chi connectivity index (χ4n) is 2.89. The number of hydrogen-bond donors (Lipinski definition) is 1. The minimum atomic E-state index is -4.71. The lowest BCUT2D eigenvalue weighted by atomic mass is 10.0. The van der Waals surface area contributed by atoms with Crippen molar-refractivity contribution < 1.29 is 30.8 Å². The Kier molecular flexibility index (Phi) is 4.60. The third-order valence-electron chi connectivity index (χ3n) is 4.55. The van der Waals surface area contributed by atoms with Crippen LogP contribution in [0.5, 0.6) is 0 Å². The van der Waals surface area contributed by atoms with E-state index < -0.39 is 27.8 Å². The van der Waals surface area contributed by atoms with Gasteiger partial charge in [-0.3, -0.25) is 4.79 Å². The lowest BCUT2D eigenvalue weighted by Gasteiger charge is -2.15. The summed E-state index contributed by atoms with van der Waals surface area (Å²) in [6.45, 7) is 0. The smallest absolute Gasteiger partial charge is 0.442 e. The van der Waals surface area contributed by atoms with Crippen molar-refractivity contribution in [1.29, 1.82) is 0 Å². The van der Waals surface area contributed by atoms with Crippen molar-refractivity contribution in [2.24, 2.45) is 10.2 Å². The van der Waals surface area contributed by atoms with Gasteiger partial charge in [-0.1, -0.05) is 18.2 Å². The van der Waals surface area contributed by atoms with Crippen molar-refractivity contribution >= 4 is 27.0 Å². The highest BCUT2D eigenvalue weighted by Crippen LogP contribution is 2.52. The van der Waals surface area contributed by atoms with Crippen molar-refractivity contribution in [2.75, 3.05) is 0 Å². The van der Waals surface area contributed by atoms with Crippen LogP contribution in [0.3, 0.4) is 0 Å². The number of aromatic nitrogens is 1. The molecule has 2 heterocycles. The molecule has 4 rings (SSSR count). The average molecular weight is 438 g/mol. The van der Waals surface area contributed by atoms with Crippen molar-refractivity contribution in [3.05, 3.63) is 60.0 Å². The molecule has 0 radical (unpaired) electrons. The molecule has 0 saturated carbocycles. The number of carbonyl (C=O) groups is 1. The number of nitrogens with zero attached hydrogens (tertiary/aromatic N) is 3. The molecule has 0 fully saturated rings. The molecule has 0 aliphatic carbocycles. The van der Waals surface area contributed by atoms with Gasteiger partial charge >= 0.3 is 11.8 Å². The van der Waals surface area contributed by atoms with Gasteiger partial charge in [-0.25, -0.2) is 18.1 Å². The Morgan fingerprint density at radius 3 is 2.43 bits per heavy atom. The number of oxazole rings is 1. The monoisotopic (exact) mass is 438 g/mol. The van der Waals surface area contributed by atoms with Crippen LogP contribution in [-0.4, -0.2) is 25.5 Å². The zero-order chi connectivity index (χ0) is 21.6. The molecular weight excluding hydrogens is 425 g/mol. The summed E-state index contributed by atoms with van der Waals surface area (Å²) < 4.78 is 70.7. The molecule has 1 aliphatic heterocycles. The van der Waals surface area contributed by atoms with Crippen LogP contribution >= 0.6 is 0 Å². The number of aryl methyl sites for hydroxylation is 1. The summed E-state index contributed by atoms with van der Waals surface area (Å²) in [4.78, 5) is 15.7. The maximum Gasteiger partial charge on any atom is 0.442 e. The highest BCUT2D eigenvalue weighted by atomic mass is 32.2. The van der Waals surface area contributed by atoms with Crippen LogP contribution < -0.4 is 4.72 Å². The van der Waals surface area contributed by atoms with E-state index in [2.05, 4.69) is 15.2 Å². The molecule has 2 aromatic carbocycles. The summed E-state index contributed by atoms with van der Waals surface area (Å²) in [7, 11) is -4.24. The Labute approximate surface area is 167 Å². The first kappa shape index (κ1) is 20.0. The minimum absolute atomic E-state index is 0.115. The molecule has 30 heavy (non-hydrogen) atoms. The first-order valence-corrected chi connectivity index (χ1v) is 10.1. The summed E-state index contributed by atoms with van der Waals surface area (Å²) in [5.74, 6) is -0.752. The summed E-state index contributed by atoms with van der Waals surface area (Å²) >= 11 is 0. The summed E-state index contributed by atoms with van der Waals surface area (Å²) in [5.41, 5.74) is -0.963. The van der Waals surface area contributed by atoms with Crippen LogP contribution in [0.15, 0.2) is 68.4 Å². The van der Waals surface area contributed by atoms with Crippen LogP contribution in [0.25, 0.3) is 11.1 Å². The molecule has 8 nitrogen and oxygen atoms in total. The molecule has 0 bridgehead atoms. The average Bonchev–Trinajstić information content (AvgIpc) is 3.39. The van der Waals surface area contributed by atoms with Crippen LogP contribution in [0.1, 0.15) is 17.5 Å². The van der Waals surface area contributed by atoms with E-state index in [1.54, 1.807) is 18.2 Å². The van der Waals surface area contributed by atoms with Gasteiger partial charge in [0, 0.05) is 12.0 Å². The van der Waals surface area contributed by atoms with Gasteiger partial charge in [0.05, 0.1) is 4.90 Å². The van der Waals surface area contributed by atoms with E-state index in [0.717, 1.165) is 29.8 Å². The number of halogens is 3. The van der Waals surface area contributed by atoms with E-state index in [-0.39, 0.29) is 23.3 Å². The molecule has 1 aliphatic rings. The molecule has 0 spiro atoms. The predicted molar refractivity (Wildman–Crippen MR) is 96.7 cm³/mol. The topological polar surface area (TPSA) is 114 Å². The van der Waals surface area contributed by atoms with E-state index in [1.165, 1.54) is 6.39 Å². The fraction of sp³-hybridized carbons (Fsp3) is 0.222. The Balaban J connectivity index is 1.40. The molecule has 12 heteroatoms. The Bertz CT molecular complexity index is 1240. The number of fused-ring (bicyclic) bond motifs is 1. The van der Waals surface area contributed by atoms with Gasteiger partial charge in [-0.15, -0.1) is 10.2 Å². The number of rotatable bonds is 6. The molecule has 156 valence electrons. The zero-order valence-electron chi connectivity index (χ0n) is 15.0. The lowest BCUT2D eigenvalue weighted by molar-refractivity contribution is -0.166. The summed E-state index contributed by atoms with van der Waals surface area (Å²) in [5, 5.41) is 6.11. The number of carbonyl (C=O) groups excluding carboxylic acids is 1. The molecule has 1 N–H and O–H groups in total. The largest absolute Gasteiger partial charge is 0.443 e. The van der Waals surface area contributed by atoms with Gasteiger partial charge in [0.15, 0.2) is 12.0 Å². The van der Waals surface area contributed by atoms with Crippen LogP contribution in [0.2, 0.25) is 0 Å². The Hall–Kier alpha value is -3.28. The van der Waals surface area contributed by atoms with Gasteiger partial charge in [0.2, 0.25) is 5.91 Å². The van der Waals surface area contributed by atoms with Crippen LogP contribution in [0.4, 0.5) is 13.2 Å². The van der Waals surface area contributed by atoms with Crippen LogP contribution in [0, 0.1) is 0 Å². The third kappa shape index (κ3) is 3.65. The second kappa shape index (κ2) is 6.90. The number of hydrogen-bond acceptors (Lipinski definition) is 7. The Morgan fingerprint density at radius 1 is 1.10 bits per heavy atom. The van der Waals surface area contributed by atoms with Crippen molar-refractivity contribution in [1.82, 2.24) is 9.71 Å². The van der Waals surface area contributed by atoms with Gasteiger partial charge in [0.25, 0.3) is 10.0 Å². The van der Waals surface area contributed by atoms with Gasteiger partial charge in [0.1, 0.15) is 5.52 Å². The second-order valence-electron chi connectivity index (χ2n) is 6.58. The van der Waals surface area contributed by atoms with Gasteiger partial charge in [-0.05, 0) is 36.2 Å². The van der Waals surface area contributed by atoms with E-state index in [4.69, 9.17) is 4.42 Å². The van der Waals surface area contributed by atoms with E-state index >= 15 is 0 Å². The highest BCUT2D eigenvalue weighted by Gasteiger charge is 2.65. The number of benzene rings is 2. The molecule has 0 saturated heterocycles. The van der Waals surface area contributed by atoms with Crippen molar-refractivity contribution in [3.8, 4) is 0 Å². The maximum atomic E-state index is 13.0. The van der Waals surface area contributed by atoms with Crippen LogP contribution in [-0.2, 0) is 26.9 Å². The number of sulfonamides is 1. The first-order chi connectivity index (χ1) is 14.1. The fourth-order valence-corrected chi connectivity index (χ4v) is 3.90. The zero-order valence-corrected chi connectivity index (χ0v) is 15.9. The quantitative estimate of drug-likeness (QED) is 0.633. The minimum Gasteiger partial charge on any atom is -0.443 e. The molecular formula is C18H13F3N4O4S. The highest BCUT2D eigenvalue weighted by molar-refractivity contribution is 7.90. The van der Waals surface area contributed by atoms with E-state index in [0.29, 0.717) is 11.1 Å². The Morgan fingerprint density at radius 2 is 1.80 bits per heavy atom. The first-order valence-electron chi connectivity index (χ1n) is 8.60. The third-order valence-corrected chi connectivity index (χ3v) is 5.94. The summed E-state index contributed by atoms with van der Waals surface area (Å²) in [6.07, 6.45) is -3.27. The van der Waals surface area contributed by atoms with E-state index in [9.17, 15) is 26.4 Å². The predicted octanol–water partition coefficient (Wildman–Crippen LogP) is 3.45. The van der Waals surface area contributed by atoms with E-state index in [1.807, 2.05) is 4.72 Å². The molecule has 0 unspecified atom stereocenters. The van der Waals surface area contributed by atoms with Gasteiger partial charge < -0.3 is 4.42 Å². The molecule has 0 atom stereocenters. The maximum absolute atomic E-state index is 13.0. The van der Waals surface area contributed by atoms with Crippen molar-refractivity contribution in [2.45, 2.75) is 29.6 Å². The normalized spacial score (nSPS) is 15.3. The second-order valence-corrected chi connectivity index (χ2v) is 8.26. The van der Waals surface area contributed by atoms with Crippen molar-refractivity contribution in [3.63, 3.8) is 0 Å². The number of alkyl halides is 3. The SMILES string of the molecule is O=C(CCc1ccc2ocnc2c1)NS(=O)(=O)c1ccc(C2(C(F)(F)F)N=N2)cc1. The standard InChI is InChI=1S/C18H13F3N4O4S/c19-18(20,21)17(24-25-17)12-3-5-13(6-4-12)30(27,28)23-16(26)8-2-11-1-7-15-14(9-11)22-10-29-15/h1,3-7,9-10H,2,8H2,(H,23,26). The molecule has 1 aromatic heterocycles. The summed E-state index contributed by atoms with van der Waals surface area (Å²) in [6, 6.07) is 9.04. The number of amides is 1. The van der Waals surface area contributed by atoms with Gasteiger partial charge in [-0.2, -0.15) is 13.2 Å².